The first-order valence-electron chi connectivity index (χ1n) is 8.91. The normalized spacial score (nSPS) is 17.0. The number of aliphatic hydroxyl groups is 1. The molecular weight excluding hydrogens is 326 g/mol. The van der Waals surface area contributed by atoms with E-state index in [9.17, 15) is 5.11 Å². The second kappa shape index (κ2) is 6.88. The Balaban J connectivity index is 1.79. The van der Waals surface area contributed by atoms with Crippen LogP contribution in [0.1, 0.15) is 6.42 Å². The van der Waals surface area contributed by atoms with Crippen LogP contribution < -0.4 is 9.80 Å². The fraction of sp³-hybridized carbons (Fsp3) is 0.350. The van der Waals surface area contributed by atoms with E-state index >= 15 is 0 Å². The number of pyridine rings is 1. The highest BCUT2D eigenvalue weighted by atomic mass is 16.3. The quantitative estimate of drug-likeness (QED) is 0.781. The predicted molar refractivity (Wildman–Crippen MR) is 105 cm³/mol. The Morgan fingerprint density at radius 2 is 1.92 bits per heavy atom. The van der Waals surface area contributed by atoms with E-state index in [-0.39, 0.29) is 6.61 Å². The molecule has 6 heteroatoms. The molecule has 4 rings (SSSR count). The van der Waals surface area contributed by atoms with E-state index in [0.29, 0.717) is 5.92 Å². The molecule has 3 aromatic rings. The van der Waals surface area contributed by atoms with Crippen molar-refractivity contribution in [3.05, 3.63) is 42.7 Å². The van der Waals surface area contributed by atoms with Gasteiger partial charge in [0.1, 0.15) is 5.52 Å². The van der Waals surface area contributed by atoms with E-state index in [1.165, 1.54) is 0 Å². The van der Waals surface area contributed by atoms with Crippen LogP contribution in [-0.4, -0.2) is 53.9 Å². The molecule has 2 aromatic heterocycles. The van der Waals surface area contributed by atoms with Crippen molar-refractivity contribution in [3.8, 4) is 11.3 Å². The van der Waals surface area contributed by atoms with E-state index in [0.717, 1.165) is 53.3 Å². The van der Waals surface area contributed by atoms with Crippen LogP contribution in [0.25, 0.3) is 22.3 Å². The van der Waals surface area contributed by atoms with E-state index < -0.39 is 0 Å². The average molecular weight is 349 g/mol. The highest BCUT2D eigenvalue weighted by molar-refractivity contribution is 5.89. The van der Waals surface area contributed by atoms with Crippen molar-refractivity contribution >= 4 is 22.5 Å². The van der Waals surface area contributed by atoms with Gasteiger partial charge in [0.05, 0.1) is 11.2 Å². The number of anilines is 2. The zero-order chi connectivity index (χ0) is 18.1. The number of aliphatic hydroxyl groups excluding tert-OH is 1. The lowest BCUT2D eigenvalue weighted by Crippen LogP contribution is -2.22. The Morgan fingerprint density at radius 3 is 2.62 bits per heavy atom. The molecule has 0 spiro atoms. The van der Waals surface area contributed by atoms with Gasteiger partial charge in [0, 0.05) is 63.4 Å². The molecule has 6 nitrogen and oxygen atoms in total. The van der Waals surface area contributed by atoms with E-state index in [1.54, 1.807) is 12.4 Å². The molecule has 1 aromatic carbocycles. The van der Waals surface area contributed by atoms with Crippen LogP contribution in [0.15, 0.2) is 42.7 Å². The SMILES string of the molecule is CN(C)c1ccc(-c2cc3nccnc3c(N3CC[C@@H](CO)C3)n2)cc1. The average Bonchev–Trinajstić information content (AvgIpc) is 3.16. The lowest BCUT2D eigenvalue weighted by molar-refractivity contribution is 0.238. The highest BCUT2D eigenvalue weighted by Crippen LogP contribution is 2.31. The van der Waals surface area contributed by atoms with Crippen LogP contribution in [0.4, 0.5) is 11.5 Å². The molecule has 134 valence electrons. The molecule has 0 saturated carbocycles. The van der Waals surface area contributed by atoms with Gasteiger partial charge in [-0.1, -0.05) is 12.1 Å². The standard InChI is InChI=1S/C20H23N5O/c1-24(2)16-5-3-15(4-6-16)17-11-18-19(22-9-8-21-18)20(23-17)25-10-7-14(12-25)13-26/h3-6,8-9,11,14,26H,7,10,12-13H2,1-2H3/t14-/m1/s1. The third kappa shape index (κ3) is 3.08. The van der Waals surface area contributed by atoms with Crippen LogP contribution >= 0.6 is 0 Å². The minimum absolute atomic E-state index is 0.214. The Hall–Kier alpha value is -2.73. The Bertz CT molecular complexity index is 910. The molecule has 1 N–H and O–H groups in total. The van der Waals surface area contributed by atoms with Gasteiger partial charge in [-0.25, -0.2) is 9.97 Å². The summed E-state index contributed by atoms with van der Waals surface area (Å²) in [6.45, 7) is 1.90. The van der Waals surface area contributed by atoms with Crippen molar-refractivity contribution < 1.29 is 5.11 Å². The van der Waals surface area contributed by atoms with E-state index in [4.69, 9.17) is 4.98 Å². The molecule has 3 heterocycles. The van der Waals surface area contributed by atoms with Crippen molar-refractivity contribution in [2.24, 2.45) is 5.92 Å². The molecule has 1 fully saturated rings. The first kappa shape index (κ1) is 16.7. The summed E-state index contributed by atoms with van der Waals surface area (Å²) in [6, 6.07) is 10.4. The molecule has 0 aliphatic carbocycles. The van der Waals surface area contributed by atoms with Gasteiger partial charge >= 0.3 is 0 Å². The second-order valence-corrected chi connectivity index (χ2v) is 6.98. The van der Waals surface area contributed by atoms with Crippen LogP contribution in [0.5, 0.6) is 0 Å². The summed E-state index contributed by atoms with van der Waals surface area (Å²) < 4.78 is 0. The van der Waals surface area contributed by atoms with Crippen LogP contribution in [0.2, 0.25) is 0 Å². The van der Waals surface area contributed by atoms with Gasteiger partial charge in [0.15, 0.2) is 5.82 Å². The molecule has 1 aliphatic rings. The number of nitrogens with zero attached hydrogens (tertiary/aromatic N) is 5. The minimum Gasteiger partial charge on any atom is -0.396 e. The molecule has 26 heavy (non-hydrogen) atoms. The first-order chi connectivity index (χ1) is 12.7. The maximum absolute atomic E-state index is 9.47. The maximum atomic E-state index is 9.47. The molecule has 0 bridgehead atoms. The topological polar surface area (TPSA) is 65.4 Å². The van der Waals surface area contributed by atoms with Crippen LogP contribution in [-0.2, 0) is 0 Å². The molecule has 1 aliphatic heterocycles. The molecule has 0 amide bonds. The summed E-state index contributed by atoms with van der Waals surface area (Å²) >= 11 is 0. The van der Waals surface area contributed by atoms with Gasteiger partial charge in [-0.3, -0.25) is 4.98 Å². The van der Waals surface area contributed by atoms with Crippen molar-refractivity contribution in [2.75, 3.05) is 43.6 Å². The summed E-state index contributed by atoms with van der Waals surface area (Å²) in [7, 11) is 4.06. The zero-order valence-electron chi connectivity index (χ0n) is 15.1. The first-order valence-corrected chi connectivity index (χ1v) is 8.91. The lowest BCUT2D eigenvalue weighted by Gasteiger charge is -2.20. The van der Waals surface area contributed by atoms with Gasteiger partial charge in [-0.2, -0.15) is 0 Å². The van der Waals surface area contributed by atoms with Crippen LogP contribution in [0, 0.1) is 5.92 Å². The summed E-state index contributed by atoms with van der Waals surface area (Å²) in [5, 5.41) is 9.47. The number of hydrogen-bond acceptors (Lipinski definition) is 6. The smallest absolute Gasteiger partial charge is 0.157 e. The van der Waals surface area contributed by atoms with Crippen molar-refractivity contribution in [3.63, 3.8) is 0 Å². The molecule has 0 unspecified atom stereocenters. The summed E-state index contributed by atoms with van der Waals surface area (Å²) in [6.07, 6.45) is 4.39. The number of fused-ring (bicyclic) bond motifs is 1. The third-order valence-electron chi connectivity index (χ3n) is 4.96. The monoisotopic (exact) mass is 349 g/mol. The van der Waals surface area contributed by atoms with E-state index in [1.807, 2.05) is 20.2 Å². The maximum Gasteiger partial charge on any atom is 0.157 e. The van der Waals surface area contributed by atoms with Gasteiger partial charge in [-0.05, 0) is 24.6 Å². The van der Waals surface area contributed by atoms with Gasteiger partial charge in [-0.15, -0.1) is 0 Å². The third-order valence-corrected chi connectivity index (χ3v) is 4.96. The Morgan fingerprint density at radius 1 is 1.15 bits per heavy atom. The zero-order valence-corrected chi connectivity index (χ0v) is 15.1. The minimum atomic E-state index is 0.214. The van der Waals surface area contributed by atoms with Crippen molar-refractivity contribution in [1.82, 2.24) is 15.0 Å². The molecule has 1 saturated heterocycles. The van der Waals surface area contributed by atoms with Crippen molar-refractivity contribution in [1.29, 1.82) is 0 Å². The Kier molecular flexibility index (Phi) is 4.42. The predicted octanol–water partition coefficient (Wildman–Crippen LogP) is 2.58. The Labute approximate surface area is 153 Å². The molecule has 1 atom stereocenters. The lowest BCUT2D eigenvalue weighted by atomic mass is 10.1. The fourth-order valence-electron chi connectivity index (χ4n) is 3.43. The number of hydrogen-bond donors (Lipinski definition) is 1. The van der Waals surface area contributed by atoms with E-state index in [2.05, 4.69) is 44.0 Å². The van der Waals surface area contributed by atoms with Crippen molar-refractivity contribution in [2.45, 2.75) is 6.42 Å². The molecule has 0 radical (unpaired) electrons. The van der Waals surface area contributed by atoms with Gasteiger partial charge in [0.2, 0.25) is 0 Å². The highest BCUT2D eigenvalue weighted by Gasteiger charge is 2.25. The number of aromatic nitrogens is 3. The van der Waals surface area contributed by atoms with Crippen LogP contribution in [0.3, 0.4) is 0 Å². The van der Waals surface area contributed by atoms with Gasteiger partial charge < -0.3 is 14.9 Å². The number of benzene rings is 1. The second-order valence-electron chi connectivity index (χ2n) is 6.98. The number of rotatable bonds is 4. The summed E-state index contributed by atoms with van der Waals surface area (Å²) in [5.74, 6) is 1.16. The fourth-order valence-corrected chi connectivity index (χ4v) is 3.43. The summed E-state index contributed by atoms with van der Waals surface area (Å²) in [4.78, 5) is 18.2. The summed E-state index contributed by atoms with van der Waals surface area (Å²) in [5.41, 5.74) is 4.77. The largest absolute Gasteiger partial charge is 0.396 e. The molecular formula is C20H23N5O. The van der Waals surface area contributed by atoms with Gasteiger partial charge in [0.25, 0.3) is 0 Å².